The van der Waals surface area contributed by atoms with Crippen molar-refractivity contribution in [2.75, 3.05) is 0 Å². The summed E-state index contributed by atoms with van der Waals surface area (Å²) in [4.78, 5) is 26.0. The number of rotatable bonds is 2. The third-order valence-corrected chi connectivity index (χ3v) is 6.18. The lowest BCUT2D eigenvalue weighted by molar-refractivity contribution is -0.143. The van der Waals surface area contributed by atoms with Crippen LogP contribution in [0.2, 0.25) is 5.02 Å². The van der Waals surface area contributed by atoms with Crippen LogP contribution in [-0.4, -0.2) is 16.7 Å². The molecule has 0 bridgehead atoms. The van der Waals surface area contributed by atoms with E-state index in [1.54, 1.807) is 27.7 Å². The number of benzene rings is 2. The summed E-state index contributed by atoms with van der Waals surface area (Å²) >= 11 is 6.14. The van der Waals surface area contributed by atoms with Gasteiger partial charge in [0.1, 0.15) is 5.76 Å². The Hall–Kier alpha value is -2.39. The molecule has 0 aromatic heterocycles. The van der Waals surface area contributed by atoms with Crippen LogP contribution in [0.15, 0.2) is 42.2 Å². The van der Waals surface area contributed by atoms with E-state index in [4.69, 9.17) is 11.6 Å². The molecule has 0 saturated heterocycles. The molecule has 0 aliphatic heterocycles. The molecule has 2 aromatic rings. The van der Waals surface area contributed by atoms with Crippen LogP contribution in [-0.2, 0) is 9.59 Å². The Bertz CT molecular complexity index is 1040. The lowest BCUT2D eigenvalue weighted by Gasteiger charge is -2.38. The van der Waals surface area contributed by atoms with Crippen molar-refractivity contribution in [3.63, 3.8) is 0 Å². The second-order valence-electron chi connectivity index (χ2n) is 8.63. The SMILES string of the molecule is Cc1cc(-c2ccc(C)c(C3=C(O)C(C)(C)C(=O)C(C)(C)C3=O)c2)ccc1Cl. The number of carbonyl (C=O) groups excluding carboxylic acids is 2. The fourth-order valence-electron chi connectivity index (χ4n) is 3.87. The molecule has 2 aromatic carbocycles. The fourth-order valence-corrected chi connectivity index (χ4v) is 3.99. The van der Waals surface area contributed by atoms with Gasteiger partial charge in [0, 0.05) is 5.02 Å². The zero-order valence-electron chi connectivity index (χ0n) is 17.1. The van der Waals surface area contributed by atoms with Gasteiger partial charge in [0.2, 0.25) is 0 Å². The van der Waals surface area contributed by atoms with Gasteiger partial charge in [0.05, 0.1) is 16.4 Å². The molecule has 0 radical (unpaired) electrons. The molecule has 3 rings (SSSR count). The Balaban J connectivity index is 2.25. The molecular formula is C24H25ClO3. The van der Waals surface area contributed by atoms with E-state index < -0.39 is 10.8 Å². The quantitative estimate of drug-likeness (QED) is 0.624. The van der Waals surface area contributed by atoms with Crippen LogP contribution < -0.4 is 0 Å². The topological polar surface area (TPSA) is 54.4 Å². The third-order valence-electron chi connectivity index (χ3n) is 5.76. The number of aryl methyl sites for hydroxylation is 2. The van der Waals surface area contributed by atoms with Gasteiger partial charge >= 0.3 is 0 Å². The number of halogens is 1. The maximum atomic E-state index is 13.2. The minimum Gasteiger partial charge on any atom is -0.510 e. The van der Waals surface area contributed by atoms with Gasteiger partial charge in [-0.2, -0.15) is 0 Å². The second kappa shape index (κ2) is 6.59. The summed E-state index contributed by atoms with van der Waals surface area (Å²) in [6.07, 6.45) is 0. The summed E-state index contributed by atoms with van der Waals surface area (Å²) in [5, 5.41) is 11.6. The summed E-state index contributed by atoms with van der Waals surface area (Å²) in [5.74, 6) is -0.774. The van der Waals surface area contributed by atoms with Crippen molar-refractivity contribution in [3.8, 4) is 11.1 Å². The molecule has 0 atom stereocenters. The van der Waals surface area contributed by atoms with Crippen LogP contribution in [0.25, 0.3) is 16.7 Å². The van der Waals surface area contributed by atoms with Crippen molar-refractivity contribution in [1.29, 1.82) is 0 Å². The molecule has 4 heteroatoms. The molecule has 146 valence electrons. The Kier molecular flexibility index (Phi) is 4.79. The van der Waals surface area contributed by atoms with Crippen LogP contribution in [0, 0.1) is 24.7 Å². The average molecular weight is 397 g/mol. The van der Waals surface area contributed by atoms with E-state index in [1.807, 2.05) is 50.2 Å². The Labute approximate surface area is 171 Å². The second-order valence-corrected chi connectivity index (χ2v) is 9.03. The highest BCUT2D eigenvalue weighted by atomic mass is 35.5. The molecule has 0 amide bonds. The standard InChI is InChI=1S/C24H25ClO3/c1-13-7-8-16(15-9-10-18(25)14(2)11-15)12-17(13)19-20(26)23(3,4)22(28)24(5,6)21(19)27/h7-12,26H,1-6H3. The van der Waals surface area contributed by atoms with Crippen molar-refractivity contribution in [3.05, 3.63) is 63.9 Å². The summed E-state index contributed by atoms with van der Waals surface area (Å²) < 4.78 is 0. The van der Waals surface area contributed by atoms with Crippen LogP contribution in [0.5, 0.6) is 0 Å². The average Bonchev–Trinajstić information content (AvgIpc) is 2.63. The number of aliphatic hydroxyl groups excluding tert-OH is 1. The predicted octanol–water partition coefficient (Wildman–Crippen LogP) is 6.10. The first kappa shape index (κ1) is 20.3. The van der Waals surface area contributed by atoms with Gasteiger partial charge in [0.25, 0.3) is 0 Å². The highest BCUT2D eigenvalue weighted by Gasteiger charge is 2.53. The van der Waals surface area contributed by atoms with Crippen LogP contribution in [0.3, 0.4) is 0 Å². The molecule has 0 fully saturated rings. The van der Waals surface area contributed by atoms with E-state index in [2.05, 4.69) is 0 Å². The maximum absolute atomic E-state index is 13.2. The fraction of sp³-hybridized carbons (Fsp3) is 0.333. The minimum atomic E-state index is -1.19. The van der Waals surface area contributed by atoms with Crippen molar-refractivity contribution in [2.24, 2.45) is 10.8 Å². The minimum absolute atomic E-state index is 0.158. The van der Waals surface area contributed by atoms with E-state index in [0.29, 0.717) is 10.6 Å². The van der Waals surface area contributed by atoms with Gasteiger partial charge in [-0.05, 0) is 87.6 Å². The number of hydrogen-bond donors (Lipinski definition) is 1. The van der Waals surface area contributed by atoms with Gasteiger partial charge in [-0.25, -0.2) is 0 Å². The van der Waals surface area contributed by atoms with Crippen molar-refractivity contribution in [1.82, 2.24) is 0 Å². The summed E-state index contributed by atoms with van der Waals surface area (Å²) in [7, 11) is 0. The van der Waals surface area contributed by atoms with Crippen LogP contribution in [0.1, 0.15) is 44.4 Å². The lowest BCUT2D eigenvalue weighted by atomic mass is 9.62. The Morgan fingerprint density at radius 1 is 0.821 bits per heavy atom. The summed E-state index contributed by atoms with van der Waals surface area (Å²) in [6, 6.07) is 11.6. The van der Waals surface area contributed by atoms with Crippen LogP contribution in [0.4, 0.5) is 0 Å². The maximum Gasteiger partial charge on any atom is 0.179 e. The number of aliphatic hydroxyl groups is 1. The highest BCUT2D eigenvalue weighted by Crippen LogP contribution is 2.47. The lowest BCUT2D eigenvalue weighted by Crippen LogP contribution is -2.48. The Morgan fingerprint density at radius 2 is 1.39 bits per heavy atom. The van der Waals surface area contributed by atoms with Gasteiger partial charge in [0.15, 0.2) is 11.6 Å². The third kappa shape index (κ3) is 2.98. The van der Waals surface area contributed by atoms with E-state index in [-0.39, 0.29) is 22.9 Å². The molecule has 1 N–H and O–H groups in total. The first-order chi connectivity index (χ1) is 12.9. The van der Waals surface area contributed by atoms with Gasteiger partial charge in [-0.3, -0.25) is 9.59 Å². The Morgan fingerprint density at radius 3 is 2.00 bits per heavy atom. The molecule has 3 nitrogen and oxygen atoms in total. The van der Waals surface area contributed by atoms with Gasteiger partial charge in [-0.1, -0.05) is 29.8 Å². The van der Waals surface area contributed by atoms with Crippen molar-refractivity contribution in [2.45, 2.75) is 41.5 Å². The number of hydrogen-bond acceptors (Lipinski definition) is 3. The largest absolute Gasteiger partial charge is 0.510 e. The number of allylic oxidation sites excluding steroid dienone is 2. The summed E-state index contributed by atoms with van der Waals surface area (Å²) in [6.45, 7) is 10.4. The molecule has 0 spiro atoms. The highest BCUT2D eigenvalue weighted by molar-refractivity contribution is 6.34. The van der Waals surface area contributed by atoms with Gasteiger partial charge < -0.3 is 5.11 Å². The molecule has 28 heavy (non-hydrogen) atoms. The zero-order valence-corrected chi connectivity index (χ0v) is 17.9. The van der Waals surface area contributed by atoms with E-state index in [0.717, 1.165) is 22.3 Å². The zero-order chi connectivity index (χ0) is 21.0. The normalized spacial score (nSPS) is 18.5. The number of ketones is 2. The number of Topliss-reactive ketones (excluding diaryl/α,β-unsaturated/α-hetero) is 2. The molecule has 0 heterocycles. The van der Waals surface area contributed by atoms with Crippen LogP contribution >= 0.6 is 11.6 Å². The molecule has 1 aliphatic carbocycles. The van der Waals surface area contributed by atoms with Gasteiger partial charge in [-0.15, -0.1) is 0 Å². The number of carbonyl (C=O) groups is 2. The molecular weight excluding hydrogens is 372 g/mol. The monoisotopic (exact) mass is 396 g/mol. The molecule has 0 saturated carbocycles. The van der Waals surface area contributed by atoms with E-state index in [1.165, 1.54) is 0 Å². The predicted molar refractivity (Wildman–Crippen MR) is 113 cm³/mol. The first-order valence-electron chi connectivity index (χ1n) is 9.30. The molecule has 1 aliphatic rings. The van der Waals surface area contributed by atoms with Crippen molar-refractivity contribution >= 4 is 28.7 Å². The summed E-state index contributed by atoms with van der Waals surface area (Å²) in [5.41, 5.74) is 2.30. The van der Waals surface area contributed by atoms with E-state index >= 15 is 0 Å². The smallest absolute Gasteiger partial charge is 0.179 e. The molecule has 0 unspecified atom stereocenters. The van der Waals surface area contributed by atoms with E-state index in [9.17, 15) is 14.7 Å². The van der Waals surface area contributed by atoms with Crippen molar-refractivity contribution < 1.29 is 14.7 Å². The first-order valence-corrected chi connectivity index (χ1v) is 9.67.